The Morgan fingerprint density at radius 3 is 2.06 bits per heavy atom. The summed E-state index contributed by atoms with van der Waals surface area (Å²) in [4.78, 5) is 3.62. The van der Waals surface area contributed by atoms with Crippen LogP contribution in [0.15, 0.2) is 12.3 Å². The third-order valence-corrected chi connectivity index (χ3v) is 5.05. The second-order valence-corrected chi connectivity index (χ2v) is 7.45. The number of alkyl halides is 9. The van der Waals surface area contributed by atoms with Crippen LogP contribution in [0.1, 0.15) is 25.7 Å². The zero-order valence-electron chi connectivity index (χ0n) is 16.1. The summed E-state index contributed by atoms with van der Waals surface area (Å²) in [5.41, 5.74) is -8.57. The molecule has 1 unspecified atom stereocenters. The first kappa shape index (κ1) is 24.2. The van der Waals surface area contributed by atoms with E-state index in [4.69, 9.17) is 5.11 Å². The van der Waals surface area contributed by atoms with Gasteiger partial charge in [0.25, 0.3) is 5.60 Å². The van der Waals surface area contributed by atoms with Crippen molar-refractivity contribution in [2.45, 2.75) is 56.2 Å². The number of hydrogen-bond acceptors (Lipinski definition) is 5. The van der Waals surface area contributed by atoms with E-state index in [1.54, 1.807) is 0 Å². The van der Waals surface area contributed by atoms with Crippen molar-refractivity contribution in [3.63, 3.8) is 0 Å². The van der Waals surface area contributed by atoms with Gasteiger partial charge in [0, 0.05) is 6.07 Å². The summed E-state index contributed by atoms with van der Waals surface area (Å²) < 4.78 is 123. The lowest BCUT2D eigenvalue weighted by atomic mass is 10.0. The van der Waals surface area contributed by atoms with Gasteiger partial charge in [0.2, 0.25) is 11.5 Å². The monoisotopic (exact) mass is 482 g/mol. The average molecular weight is 482 g/mol. The lowest BCUT2D eigenvalue weighted by Crippen LogP contribution is -2.60. The molecule has 3 heterocycles. The molecule has 180 valence electrons. The van der Waals surface area contributed by atoms with E-state index in [-0.39, 0.29) is 17.9 Å². The smallest absolute Gasteiger partial charge is 0.429 e. The predicted molar refractivity (Wildman–Crippen MR) is 86.3 cm³/mol. The van der Waals surface area contributed by atoms with Crippen LogP contribution in [0, 0.1) is 0 Å². The molecule has 2 aromatic rings. The first-order chi connectivity index (χ1) is 14.3. The van der Waals surface area contributed by atoms with Gasteiger partial charge in [-0.05, 0) is 13.8 Å². The summed E-state index contributed by atoms with van der Waals surface area (Å²) in [5, 5.41) is 22.8. The minimum Gasteiger partial charge on any atom is -0.473 e. The van der Waals surface area contributed by atoms with Crippen molar-refractivity contribution in [2.24, 2.45) is 0 Å². The Hall–Kier alpha value is -2.49. The Bertz CT molecular complexity index is 990. The van der Waals surface area contributed by atoms with Crippen LogP contribution in [0.25, 0.3) is 11.4 Å². The summed E-state index contributed by atoms with van der Waals surface area (Å²) >= 11 is 0. The van der Waals surface area contributed by atoms with Gasteiger partial charge in [-0.1, -0.05) is 0 Å². The zero-order valence-corrected chi connectivity index (χ0v) is 16.1. The van der Waals surface area contributed by atoms with Crippen LogP contribution in [0.2, 0.25) is 0 Å². The molecule has 1 aliphatic heterocycles. The Kier molecular flexibility index (Phi) is 5.29. The Labute approximate surface area is 173 Å². The highest BCUT2D eigenvalue weighted by Gasteiger charge is 2.71. The fourth-order valence-electron chi connectivity index (χ4n) is 3.13. The highest BCUT2D eigenvalue weighted by molar-refractivity contribution is 5.58. The molecule has 2 atom stereocenters. The summed E-state index contributed by atoms with van der Waals surface area (Å²) in [7, 11) is 0. The van der Waals surface area contributed by atoms with Gasteiger partial charge in [-0.15, -0.1) is 5.10 Å². The van der Waals surface area contributed by atoms with E-state index in [2.05, 4.69) is 14.8 Å². The van der Waals surface area contributed by atoms with E-state index >= 15 is 0 Å². The quantitative estimate of drug-likeness (QED) is 0.654. The molecular weight excluding hydrogens is 467 g/mol. The van der Waals surface area contributed by atoms with Crippen LogP contribution in [0.5, 0.6) is 5.88 Å². The lowest BCUT2D eigenvalue weighted by Gasteiger charge is -2.31. The van der Waals surface area contributed by atoms with Gasteiger partial charge in [-0.2, -0.15) is 39.5 Å². The van der Waals surface area contributed by atoms with Gasteiger partial charge in [-0.25, -0.2) is 4.98 Å². The molecule has 0 fully saturated rings. The van der Waals surface area contributed by atoms with Crippen LogP contribution in [0.3, 0.4) is 0 Å². The largest absolute Gasteiger partial charge is 0.473 e. The number of fused-ring (bicyclic) bond motifs is 3. The van der Waals surface area contributed by atoms with Crippen molar-refractivity contribution in [1.82, 2.24) is 19.3 Å². The van der Waals surface area contributed by atoms with E-state index in [1.807, 2.05) is 0 Å². The maximum Gasteiger partial charge on any atom is 0.429 e. The van der Waals surface area contributed by atoms with Crippen LogP contribution < -0.4 is 4.74 Å². The fraction of sp³-hybridized carbons (Fsp3) is 0.625. The number of halogens is 9. The maximum absolute atomic E-state index is 13.3. The van der Waals surface area contributed by atoms with Crippen molar-refractivity contribution < 1.29 is 54.5 Å². The molecule has 0 radical (unpaired) electrons. The fourth-order valence-corrected chi connectivity index (χ4v) is 3.13. The topological polar surface area (TPSA) is 85.3 Å². The molecule has 0 bridgehead atoms. The number of ether oxygens (including phenoxy) is 1. The summed E-state index contributed by atoms with van der Waals surface area (Å²) in [6.45, 7) is -0.478. The van der Waals surface area contributed by atoms with Gasteiger partial charge in [0.1, 0.15) is 6.61 Å². The molecule has 1 aliphatic rings. The minimum atomic E-state index is -6.10. The molecule has 3 rings (SSSR count). The molecule has 32 heavy (non-hydrogen) atoms. The van der Waals surface area contributed by atoms with Crippen molar-refractivity contribution >= 4 is 0 Å². The molecule has 0 aromatic carbocycles. The average Bonchev–Trinajstić information content (AvgIpc) is 3.20. The molecule has 7 nitrogen and oxygen atoms in total. The third-order valence-electron chi connectivity index (χ3n) is 5.05. The highest BCUT2D eigenvalue weighted by Crippen LogP contribution is 2.44. The Morgan fingerprint density at radius 1 is 1.00 bits per heavy atom. The summed E-state index contributed by atoms with van der Waals surface area (Å²) in [6, 6.07) is 0.109. The predicted octanol–water partition coefficient (Wildman–Crippen LogP) is 3.33. The van der Waals surface area contributed by atoms with Gasteiger partial charge >= 0.3 is 18.5 Å². The van der Waals surface area contributed by atoms with Gasteiger partial charge in [-0.3, -0.25) is 4.68 Å². The maximum atomic E-state index is 13.3. The van der Waals surface area contributed by atoms with Gasteiger partial charge < -0.3 is 19.5 Å². The number of hydrogen-bond donors (Lipinski definition) is 2. The summed E-state index contributed by atoms with van der Waals surface area (Å²) in [6.07, 6.45) is -16.3. The van der Waals surface area contributed by atoms with E-state index < -0.39 is 54.1 Å². The first-order valence-corrected chi connectivity index (χ1v) is 8.75. The van der Waals surface area contributed by atoms with Crippen LogP contribution in [0.4, 0.5) is 39.5 Å². The SMILES string of the molecule is C[C@H]1Cn2nc(OCC(O)(C(F)(F)F)C(F)(F)F)cc2-c2cnc(C(C)(O)C(F)(F)F)n21. The van der Waals surface area contributed by atoms with E-state index in [9.17, 15) is 44.6 Å². The van der Waals surface area contributed by atoms with Crippen LogP contribution >= 0.6 is 0 Å². The molecule has 0 saturated carbocycles. The van der Waals surface area contributed by atoms with E-state index in [0.29, 0.717) is 6.92 Å². The van der Waals surface area contributed by atoms with E-state index in [1.165, 1.54) is 6.92 Å². The molecule has 0 aliphatic carbocycles. The van der Waals surface area contributed by atoms with Crippen LogP contribution in [-0.4, -0.2) is 60.3 Å². The van der Waals surface area contributed by atoms with Crippen molar-refractivity contribution in [2.75, 3.05) is 6.61 Å². The standard InChI is InChI=1S/C16H15F9N4O3/c1-7-5-28-8(9-4-26-11(29(7)9)12(2,30)14(17,18)19)3-10(27-28)32-6-13(31,15(20,21)22)16(23,24)25/h3-4,7,30-31H,5-6H2,1-2H3/t7-,12?/m0/s1. The molecular formula is C16H15F9N4O3. The number of rotatable bonds is 4. The normalized spacial score (nSPS) is 19.3. The van der Waals surface area contributed by atoms with Crippen molar-refractivity contribution in [3.8, 4) is 17.3 Å². The number of imidazole rings is 1. The molecule has 0 amide bonds. The molecule has 2 N–H and O–H groups in total. The summed E-state index contributed by atoms with van der Waals surface area (Å²) in [5.74, 6) is -1.50. The Morgan fingerprint density at radius 2 is 1.56 bits per heavy atom. The highest BCUT2D eigenvalue weighted by atomic mass is 19.4. The second kappa shape index (κ2) is 7.00. The minimum absolute atomic E-state index is 0.0302. The number of aromatic nitrogens is 4. The second-order valence-electron chi connectivity index (χ2n) is 7.45. The van der Waals surface area contributed by atoms with Crippen LogP contribution in [-0.2, 0) is 12.1 Å². The van der Waals surface area contributed by atoms with E-state index in [0.717, 1.165) is 21.5 Å². The van der Waals surface area contributed by atoms with Gasteiger partial charge in [0.15, 0.2) is 5.82 Å². The lowest BCUT2D eigenvalue weighted by molar-refractivity contribution is -0.373. The zero-order chi connectivity index (χ0) is 24.5. The third kappa shape index (κ3) is 3.58. The Balaban J connectivity index is 1.96. The number of nitrogens with zero attached hydrogens (tertiary/aromatic N) is 4. The van der Waals surface area contributed by atoms with Gasteiger partial charge in [0.05, 0.1) is 30.2 Å². The molecule has 0 saturated heterocycles. The van der Waals surface area contributed by atoms with Crippen molar-refractivity contribution in [3.05, 3.63) is 18.1 Å². The van der Waals surface area contributed by atoms with Crippen molar-refractivity contribution in [1.29, 1.82) is 0 Å². The number of aliphatic hydroxyl groups is 2. The molecule has 16 heteroatoms. The molecule has 2 aromatic heterocycles. The first-order valence-electron chi connectivity index (χ1n) is 8.75. The molecule has 0 spiro atoms.